The number of nitrogens with two attached hydrogens (primary N) is 2. The fraction of sp³-hybridized carbons (Fsp3) is 1.00. The van der Waals surface area contributed by atoms with Crippen molar-refractivity contribution < 1.29 is 14.9 Å². The number of hydrogen-bond donors (Lipinski definition) is 4. The maximum atomic E-state index is 9.08. The van der Waals surface area contributed by atoms with Crippen LogP contribution in [0, 0.1) is 0 Å². The van der Waals surface area contributed by atoms with Gasteiger partial charge >= 0.3 is 0 Å². The summed E-state index contributed by atoms with van der Waals surface area (Å²) in [6.07, 6.45) is -1.21. The number of aliphatic hydroxyl groups excluding tert-OH is 2. The lowest BCUT2D eigenvalue weighted by Crippen LogP contribution is -2.49. The summed E-state index contributed by atoms with van der Waals surface area (Å²) >= 11 is 0. The van der Waals surface area contributed by atoms with Crippen molar-refractivity contribution in [2.45, 2.75) is 24.5 Å². The molecular weight excluding hydrogens is 136 g/mol. The Morgan fingerprint density at radius 2 is 2.20 bits per heavy atom. The molecule has 1 aliphatic rings. The molecule has 5 nitrogen and oxygen atoms in total. The molecule has 6 N–H and O–H groups in total. The highest BCUT2D eigenvalue weighted by molar-refractivity contribution is 4.85. The van der Waals surface area contributed by atoms with Crippen molar-refractivity contribution in [1.82, 2.24) is 0 Å². The van der Waals surface area contributed by atoms with E-state index in [0.29, 0.717) is 0 Å². The second kappa shape index (κ2) is 2.44. The number of ether oxygens (including phenoxy) is 1. The topological polar surface area (TPSA) is 102 Å². The van der Waals surface area contributed by atoms with Crippen molar-refractivity contribution in [2.24, 2.45) is 11.5 Å². The van der Waals surface area contributed by atoms with Gasteiger partial charge in [-0.05, 0) is 0 Å². The quantitative estimate of drug-likeness (QED) is 0.313. The second-order valence-corrected chi connectivity index (χ2v) is 2.57. The van der Waals surface area contributed by atoms with Crippen molar-refractivity contribution in [2.75, 3.05) is 6.61 Å². The molecule has 0 amide bonds. The summed E-state index contributed by atoms with van der Waals surface area (Å²) in [6.45, 7) is -0.253. The van der Waals surface area contributed by atoms with E-state index in [9.17, 15) is 0 Å². The molecule has 0 aliphatic carbocycles. The van der Waals surface area contributed by atoms with E-state index in [-0.39, 0.29) is 13.0 Å². The molecule has 0 spiro atoms. The van der Waals surface area contributed by atoms with E-state index in [1.807, 2.05) is 0 Å². The fourth-order valence-corrected chi connectivity index (χ4v) is 1.03. The van der Waals surface area contributed by atoms with Gasteiger partial charge in [-0.2, -0.15) is 0 Å². The van der Waals surface area contributed by atoms with Crippen LogP contribution in [0.2, 0.25) is 0 Å². The Morgan fingerprint density at radius 3 is 2.40 bits per heavy atom. The Morgan fingerprint density at radius 1 is 1.60 bits per heavy atom. The average Bonchev–Trinajstić information content (AvgIpc) is 2.05. The zero-order valence-corrected chi connectivity index (χ0v) is 5.53. The third kappa shape index (κ3) is 1.44. The Balaban J connectivity index is 2.52. The molecule has 1 rings (SSSR count). The standard InChI is InChI=1S/C5H12N2O3/c6-5(7)1-3(9)4(2-8)10-5/h3-4,8-9H,1-2,6-7H2/t3-,4+/m0/s1. The maximum absolute atomic E-state index is 9.08. The van der Waals surface area contributed by atoms with Crippen LogP contribution in [0.4, 0.5) is 0 Å². The van der Waals surface area contributed by atoms with Crippen molar-refractivity contribution >= 4 is 0 Å². The molecule has 0 aromatic carbocycles. The summed E-state index contributed by atoms with van der Waals surface area (Å²) in [7, 11) is 0. The molecule has 0 radical (unpaired) electrons. The molecule has 1 aliphatic heterocycles. The zero-order chi connectivity index (χ0) is 7.78. The van der Waals surface area contributed by atoms with E-state index in [1.165, 1.54) is 0 Å². The van der Waals surface area contributed by atoms with Crippen LogP contribution < -0.4 is 11.5 Å². The summed E-state index contributed by atoms with van der Waals surface area (Å²) in [4.78, 5) is 0. The van der Waals surface area contributed by atoms with Gasteiger partial charge < -0.3 is 14.9 Å². The molecule has 60 valence electrons. The van der Waals surface area contributed by atoms with Gasteiger partial charge in [0.15, 0.2) is 5.85 Å². The molecule has 1 fully saturated rings. The molecule has 1 heterocycles. The summed E-state index contributed by atoms with van der Waals surface area (Å²) in [6, 6.07) is 0. The average molecular weight is 148 g/mol. The lowest BCUT2D eigenvalue weighted by atomic mass is 10.2. The zero-order valence-electron chi connectivity index (χ0n) is 5.53. The number of aliphatic hydroxyl groups is 2. The SMILES string of the molecule is NC1(N)C[C@H](O)[C@@H](CO)O1. The van der Waals surface area contributed by atoms with Gasteiger partial charge in [-0.1, -0.05) is 0 Å². The molecule has 0 saturated carbocycles. The van der Waals surface area contributed by atoms with Crippen molar-refractivity contribution in [1.29, 1.82) is 0 Å². The van der Waals surface area contributed by atoms with E-state index < -0.39 is 18.1 Å². The Labute approximate surface area is 58.6 Å². The van der Waals surface area contributed by atoms with E-state index in [1.54, 1.807) is 0 Å². The van der Waals surface area contributed by atoms with Crippen LogP contribution in [0.15, 0.2) is 0 Å². The molecule has 0 unspecified atom stereocenters. The molecule has 0 aromatic heterocycles. The van der Waals surface area contributed by atoms with Crippen LogP contribution >= 0.6 is 0 Å². The van der Waals surface area contributed by atoms with Crippen LogP contribution in [0.1, 0.15) is 6.42 Å². The number of hydrogen-bond acceptors (Lipinski definition) is 5. The highest BCUT2D eigenvalue weighted by Crippen LogP contribution is 2.21. The van der Waals surface area contributed by atoms with Crippen molar-refractivity contribution in [3.8, 4) is 0 Å². The lowest BCUT2D eigenvalue weighted by molar-refractivity contribution is -0.0666. The Bertz CT molecular complexity index is 128. The molecule has 10 heavy (non-hydrogen) atoms. The van der Waals surface area contributed by atoms with Crippen LogP contribution in [-0.2, 0) is 4.74 Å². The first-order chi connectivity index (χ1) is 4.55. The van der Waals surface area contributed by atoms with Crippen LogP contribution in [0.3, 0.4) is 0 Å². The van der Waals surface area contributed by atoms with Gasteiger partial charge in [0.1, 0.15) is 6.10 Å². The smallest absolute Gasteiger partial charge is 0.172 e. The maximum Gasteiger partial charge on any atom is 0.172 e. The van der Waals surface area contributed by atoms with Gasteiger partial charge in [0, 0.05) is 6.42 Å². The molecular formula is C5H12N2O3. The Hall–Kier alpha value is -0.200. The van der Waals surface area contributed by atoms with Gasteiger partial charge in [-0.25, -0.2) is 0 Å². The van der Waals surface area contributed by atoms with Gasteiger partial charge in [0.2, 0.25) is 0 Å². The fourth-order valence-electron chi connectivity index (χ4n) is 1.03. The number of rotatable bonds is 1. The molecule has 0 aromatic rings. The predicted molar refractivity (Wildman–Crippen MR) is 33.7 cm³/mol. The molecule has 0 bridgehead atoms. The van der Waals surface area contributed by atoms with E-state index in [2.05, 4.69) is 0 Å². The first kappa shape index (κ1) is 7.90. The highest BCUT2D eigenvalue weighted by Gasteiger charge is 2.39. The predicted octanol–water partition coefficient (Wildman–Crippen LogP) is -2.30. The van der Waals surface area contributed by atoms with Gasteiger partial charge in [-0.15, -0.1) is 0 Å². The van der Waals surface area contributed by atoms with Crippen LogP contribution in [0.5, 0.6) is 0 Å². The minimum Gasteiger partial charge on any atom is -0.394 e. The van der Waals surface area contributed by atoms with Crippen LogP contribution in [-0.4, -0.2) is 34.9 Å². The Kier molecular flexibility index (Phi) is 1.93. The third-order valence-electron chi connectivity index (χ3n) is 1.51. The van der Waals surface area contributed by atoms with Crippen molar-refractivity contribution in [3.05, 3.63) is 0 Å². The molecule has 5 heteroatoms. The van der Waals surface area contributed by atoms with E-state index >= 15 is 0 Å². The first-order valence-electron chi connectivity index (χ1n) is 3.09. The third-order valence-corrected chi connectivity index (χ3v) is 1.51. The minimum absolute atomic E-state index is 0.165. The summed E-state index contributed by atoms with van der Waals surface area (Å²) in [5.74, 6) is -1.27. The lowest BCUT2D eigenvalue weighted by Gasteiger charge is -2.16. The summed E-state index contributed by atoms with van der Waals surface area (Å²) in [5.41, 5.74) is 10.6. The first-order valence-corrected chi connectivity index (χ1v) is 3.09. The van der Waals surface area contributed by atoms with E-state index in [4.69, 9.17) is 26.4 Å². The molecule has 1 saturated heterocycles. The van der Waals surface area contributed by atoms with Gasteiger partial charge in [0.25, 0.3) is 0 Å². The van der Waals surface area contributed by atoms with Gasteiger partial charge in [0.05, 0.1) is 12.7 Å². The monoisotopic (exact) mass is 148 g/mol. The molecule has 2 atom stereocenters. The van der Waals surface area contributed by atoms with Gasteiger partial charge in [-0.3, -0.25) is 11.5 Å². The summed E-state index contributed by atoms with van der Waals surface area (Å²) in [5, 5.41) is 17.7. The van der Waals surface area contributed by atoms with Crippen LogP contribution in [0.25, 0.3) is 0 Å². The summed E-state index contributed by atoms with van der Waals surface area (Å²) < 4.78 is 4.87. The highest BCUT2D eigenvalue weighted by atomic mass is 16.6. The normalized spacial score (nSPS) is 38.4. The largest absolute Gasteiger partial charge is 0.394 e. The van der Waals surface area contributed by atoms with Crippen molar-refractivity contribution in [3.63, 3.8) is 0 Å². The minimum atomic E-state index is -1.27. The van der Waals surface area contributed by atoms with E-state index in [0.717, 1.165) is 0 Å². The second-order valence-electron chi connectivity index (χ2n) is 2.57.